The van der Waals surface area contributed by atoms with Gasteiger partial charge in [-0.2, -0.15) is 4.98 Å². The monoisotopic (exact) mass is 381 g/mol. The number of ether oxygens (including phenoxy) is 1. The van der Waals surface area contributed by atoms with E-state index in [9.17, 15) is 0 Å². The van der Waals surface area contributed by atoms with Crippen molar-refractivity contribution in [2.45, 2.75) is 52.0 Å². The average molecular weight is 382 g/mol. The lowest BCUT2D eigenvalue weighted by molar-refractivity contribution is 0.362. The van der Waals surface area contributed by atoms with Crippen LogP contribution < -0.4 is 4.74 Å². The van der Waals surface area contributed by atoms with Crippen molar-refractivity contribution in [3.8, 4) is 17.0 Å². The zero-order valence-electron chi connectivity index (χ0n) is 15.8. The molecule has 1 fully saturated rings. The summed E-state index contributed by atoms with van der Waals surface area (Å²) in [5.74, 6) is 1.53. The van der Waals surface area contributed by atoms with E-state index >= 15 is 0 Å². The number of aromatic nitrogens is 3. The van der Waals surface area contributed by atoms with E-state index in [4.69, 9.17) is 16.3 Å². The number of rotatable bonds is 4. The highest BCUT2D eigenvalue weighted by atomic mass is 35.5. The highest BCUT2D eigenvalue weighted by molar-refractivity contribution is 6.28. The first kappa shape index (κ1) is 18.1. The van der Waals surface area contributed by atoms with E-state index < -0.39 is 0 Å². The maximum absolute atomic E-state index is 6.12. The van der Waals surface area contributed by atoms with Crippen molar-refractivity contribution in [2.24, 2.45) is 0 Å². The third kappa shape index (κ3) is 3.59. The standard InChI is InChI=1S/C22H24ClN3O/c1-14(2)27-20-10-9-16(11-15(20)3)19-12-17-13-24-22(23)25-21(17)26(19)18-7-5-4-6-8-18/h9-13,18H,1,4-8H2,2-3H3. The van der Waals surface area contributed by atoms with Gasteiger partial charge in [0, 0.05) is 17.6 Å². The summed E-state index contributed by atoms with van der Waals surface area (Å²) < 4.78 is 8.09. The lowest BCUT2D eigenvalue weighted by atomic mass is 9.94. The predicted molar refractivity (Wildman–Crippen MR) is 110 cm³/mol. The van der Waals surface area contributed by atoms with Gasteiger partial charge >= 0.3 is 0 Å². The van der Waals surface area contributed by atoms with Gasteiger partial charge in [0.2, 0.25) is 5.28 Å². The van der Waals surface area contributed by atoms with Gasteiger partial charge in [0.1, 0.15) is 11.4 Å². The predicted octanol–water partition coefficient (Wildman–Crippen LogP) is 6.48. The van der Waals surface area contributed by atoms with Crippen LogP contribution in [0.2, 0.25) is 5.28 Å². The van der Waals surface area contributed by atoms with Gasteiger partial charge in [-0.1, -0.05) is 25.8 Å². The number of nitrogens with zero attached hydrogens (tertiary/aromatic N) is 3. The molecule has 0 aliphatic heterocycles. The first-order chi connectivity index (χ1) is 13.0. The van der Waals surface area contributed by atoms with Gasteiger partial charge < -0.3 is 9.30 Å². The first-order valence-electron chi connectivity index (χ1n) is 9.51. The second kappa shape index (κ2) is 7.35. The average Bonchev–Trinajstić information content (AvgIpc) is 3.02. The Balaban J connectivity index is 1.85. The topological polar surface area (TPSA) is 39.9 Å². The number of benzene rings is 1. The second-order valence-corrected chi connectivity index (χ2v) is 7.73. The van der Waals surface area contributed by atoms with E-state index in [0.29, 0.717) is 17.1 Å². The Hall–Kier alpha value is -2.33. The molecule has 0 spiro atoms. The van der Waals surface area contributed by atoms with Crippen molar-refractivity contribution in [1.29, 1.82) is 0 Å². The molecule has 4 nitrogen and oxygen atoms in total. The van der Waals surface area contributed by atoms with Crippen molar-refractivity contribution in [3.05, 3.63) is 53.6 Å². The van der Waals surface area contributed by atoms with Crippen LogP contribution in [0, 0.1) is 6.92 Å². The number of allylic oxidation sites excluding steroid dienone is 1. The van der Waals surface area contributed by atoms with E-state index in [2.05, 4.69) is 46.2 Å². The fraction of sp³-hybridized carbons (Fsp3) is 0.364. The molecule has 1 aliphatic rings. The number of hydrogen-bond acceptors (Lipinski definition) is 3. The molecular formula is C22H24ClN3O. The maximum atomic E-state index is 6.12. The van der Waals surface area contributed by atoms with Gasteiger partial charge in [0.05, 0.1) is 11.5 Å². The lowest BCUT2D eigenvalue weighted by Crippen LogP contribution is -2.14. The third-order valence-electron chi connectivity index (χ3n) is 5.24. The summed E-state index contributed by atoms with van der Waals surface area (Å²) >= 11 is 6.12. The van der Waals surface area contributed by atoms with Crippen LogP contribution in [0.3, 0.4) is 0 Å². The molecule has 1 aromatic carbocycles. The van der Waals surface area contributed by atoms with Crippen LogP contribution in [0.1, 0.15) is 50.6 Å². The number of fused-ring (bicyclic) bond motifs is 1. The highest BCUT2D eigenvalue weighted by Crippen LogP contribution is 2.38. The van der Waals surface area contributed by atoms with E-state index in [1.54, 1.807) is 0 Å². The molecule has 0 radical (unpaired) electrons. The Kier molecular flexibility index (Phi) is 4.92. The lowest BCUT2D eigenvalue weighted by Gasteiger charge is -2.26. The molecule has 2 aromatic heterocycles. The van der Waals surface area contributed by atoms with Crippen LogP contribution in [-0.4, -0.2) is 14.5 Å². The Labute approximate surface area is 164 Å². The molecule has 27 heavy (non-hydrogen) atoms. The molecule has 1 aliphatic carbocycles. The van der Waals surface area contributed by atoms with Crippen LogP contribution in [0.25, 0.3) is 22.3 Å². The van der Waals surface area contributed by atoms with Gasteiger partial charge in [-0.25, -0.2) is 4.98 Å². The molecule has 3 aromatic rings. The quantitative estimate of drug-likeness (QED) is 0.383. The van der Waals surface area contributed by atoms with Gasteiger partial charge in [0.25, 0.3) is 0 Å². The van der Waals surface area contributed by atoms with Gasteiger partial charge in [-0.15, -0.1) is 0 Å². The van der Waals surface area contributed by atoms with Gasteiger partial charge in [-0.05, 0) is 73.7 Å². The Morgan fingerprint density at radius 1 is 1.22 bits per heavy atom. The Bertz CT molecular complexity index is 1000. The van der Waals surface area contributed by atoms with Crippen molar-refractivity contribution >= 4 is 22.6 Å². The molecule has 4 rings (SSSR count). The minimum atomic E-state index is 0.297. The van der Waals surface area contributed by atoms with Gasteiger partial charge in [0.15, 0.2) is 0 Å². The Morgan fingerprint density at radius 2 is 2.00 bits per heavy atom. The summed E-state index contributed by atoms with van der Waals surface area (Å²) in [6.45, 7) is 7.75. The molecule has 1 saturated carbocycles. The minimum absolute atomic E-state index is 0.297. The summed E-state index contributed by atoms with van der Waals surface area (Å²) in [5, 5.41) is 1.32. The summed E-state index contributed by atoms with van der Waals surface area (Å²) in [7, 11) is 0. The first-order valence-corrected chi connectivity index (χ1v) is 9.88. The zero-order valence-corrected chi connectivity index (χ0v) is 16.6. The molecule has 2 heterocycles. The maximum Gasteiger partial charge on any atom is 0.224 e. The largest absolute Gasteiger partial charge is 0.462 e. The van der Waals surface area contributed by atoms with Crippen LogP contribution >= 0.6 is 11.6 Å². The van der Waals surface area contributed by atoms with Crippen molar-refractivity contribution < 1.29 is 4.74 Å². The molecule has 5 heteroatoms. The van der Waals surface area contributed by atoms with Gasteiger partial charge in [-0.3, -0.25) is 0 Å². The Morgan fingerprint density at radius 3 is 2.70 bits per heavy atom. The molecule has 0 saturated heterocycles. The van der Waals surface area contributed by atoms with Crippen LogP contribution in [0.5, 0.6) is 5.75 Å². The van der Waals surface area contributed by atoms with Crippen LogP contribution in [0.15, 0.2) is 42.8 Å². The zero-order chi connectivity index (χ0) is 19.0. The molecule has 0 amide bonds. The van der Waals surface area contributed by atoms with E-state index in [-0.39, 0.29) is 0 Å². The summed E-state index contributed by atoms with van der Waals surface area (Å²) in [4.78, 5) is 8.73. The fourth-order valence-electron chi connectivity index (χ4n) is 4.03. The summed E-state index contributed by atoms with van der Waals surface area (Å²) in [6, 6.07) is 8.91. The molecule has 0 bridgehead atoms. The van der Waals surface area contributed by atoms with Crippen molar-refractivity contribution in [2.75, 3.05) is 0 Å². The van der Waals surface area contributed by atoms with E-state index in [1.165, 1.54) is 37.8 Å². The SMILES string of the molecule is C=C(C)Oc1ccc(-c2cc3cnc(Cl)nc3n2C2CCCCC2)cc1C. The molecule has 140 valence electrons. The number of aryl methyl sites for hydroxylation is 1. The van der Waals surface area contributed by atoms with E-state index in [1.807, 2.05) is 19.2 Å². The fourth-order valence-corrected chi connectivity index (χ4v) is 4.16. The van der Waals surface area contributed by atoms with Crippen LogP contribution in [-0.2, 0) is 0 Å². The second-order valence-electron chi connectivity index (χ2n) is 7.39. The summed E-state index contributed by atoms with van der Waals surface area (Å²) in [6.07, 6.45) is 7.99. The molecule has 0 atom stereocenters. The minimum Gasteiger partial charge on any atom is -0.462 e. The highest BCUT2D eigenvalue weighted by Gasteiger charge is 2.22. The molecule has 0 unspecified atom stereocenters. The molecule has 0 N–H and O–H groups in total. The third-order valence-corrected chi connectivity index (χ3v) is 5.42. The normalized spacial score (nSPS) is 15.2. The number of hydrogen-bond donors (Lipinski definition) is 0. The van der Waals surface area contributed by atoms with E-state index in [0.717, 1.165) is 27.9 Å². The van der Waals surface area contributed by atoms with Crippen molar-refractivity contribution in [1.82, 2.24) is 14.5 Å². The number of halogens is 1. The summed E-state index contributed by atoms with van der Waals surface area (Å²) in [5.41, 5.74) is 4.33. The van der Waals surface area contributed by atoms with Crippen molar-refractivity contribution in [3.63, 3.8) is 0 Å². The molecular weight excluding hydrogens is 358 g/mol. The smallest absolute Gasteiger partial charge is 0.224 e. The van der Waals surface area contributed by atoms with Crippen LogP contribution in [0.4, 0.5) is 0 Å².